The summed E-state index contributed by atoms with van der Waals surface area (Å²) in [5, 5.41) is 2.09. The molecule has 3 heterocycles. The van der Waals surface area contributed by atoms with Crippen molar-refractivity contribution in [3.05, 3.63) is 107 Å². The Morgan fingerprint density at radius 1 is 0.690 bits per heavy atom. The molecule has 0 unspecified atom stereocenters. The third-order valence-corrected chi connectivity index (χ3v) is 8.37. The molecule has 212 valence electrons. The first-order valence-corrected chi connectivity index (χ1v) is 15.1. The van der Waals surface area contributed by atoms with Gasteiger partial charge in [0.05, 0.1) is 11.4 Å². The average molecular weight is 553 g/mol. The largest absolute Gasteiger partial charge is 0.437 e. The van der Waals surface area contributed by atoms with Gasteiger partial charge < -0.3 is 4.42 Å². The third-order valence-electron chi connectivity index (χ3n) is 8.37. The highest BCUT2D eigenvalue weighted by Crippen LogP contribution is 2.41. The summed E-state index contributed by atoms with van der Waals surface area (Å²) < 4.78 is 6.58. The van der Waals surface area contributed by atoms with E-state index in [1.807, 2.05) is 6.20 Å². The highest BCUT2D eigenvalue weighted by Gasteiger charge is 2.22. The van der Waals surface area contributed by atoms with Gasteiger partial charge >= 0.3 is 0 Å². The van der Waals surface area contributed by atoms with Gasteiger partial charge in [-0.15, -0.1) is 0 Å². The molecule has 0 fully saturated rings. The molecule has 0 radical (unpaired) electrons. The maximum Gasteiger partial charge on any atom is 0.227 e. The number of nitrogens with zero attached hydrogens (tertiary/aromatic N) is 2. The monoisotopic (exact) mass is 552 g/mol. The van der Waals surface area contributed by atoms with E-state index in [0.29, 0.717) is 17.5 Å². The molecular weight excluding hydrogens is 512 g/mol. The van der Waals surface area contributed by atoms with Crippen molar-refractivity contribution in [3.63, 3.8) is 0 Å². The molecule has 0 amide bonds. The van der Waals surface area contributed by atoms with Crippen LogP contribution in [-0.4, -0.2) is 9.97 Å². The summed E-state index contributed by atoms with van der Waals surface area (Å²) >= 11 is 0. The lowest BCUT2D eigenvalue weighted by Crippen LogP contribution is -2.13. The molecule has 0 aliphatic heterocycles. The predicted octanol–water partition coefficient (Wildman–Crippen LogP) is 11.2. The number of aryl methyl sites for hydroxylation is 1. The van der Waals surface area contributed by atoms with E-state index in [2.05, 4.69) is 134 Å². The number of aromatic nitrogens is 2. The van der Waals surface area contributed by atoms with E-state index in [-0.39, 0.29) is 5.41 Å². The first kappa shape index (κ1) is 27.9. The van der Waals surface area contributed by atoms with Crippen LogP contribution >= 0.6 is 0 Å². The van der Waals surface area contributed by atoms with Crippen LogP contribution in [-0.2, 0) is 5.41 Å². The summed E-state index contributed by atoms with van der Waals surface area (Å²) in [4.78, 5) is 10.1. The number of pyridine rings is 2. The van der Waals surface area contributed by atoms with Gasteiger partial charge in [0.25, 0.3) is 0 Å². The Morgan fingerprint density at radius 3 is 2.00 bits per heavy atom. The molecule has 0 aliphatic rings. The van der Waals surface area contributed by atoms with Crippen molar-refractivity contribution in [1.82, 2.24) is 9.97 Å². The standard InChI is InChI=1S/C39H40N2O/c1-23(2)31-20-27(26-13-10-9-11-14-26)21-32(24(3)4)36(31)34-18-17-29-28-15-12-16-30(37(28)42-38(29)41-34)35-19-25(5)33(22-40-35)39(6,7)8/h9-24H,1-8H3. The number of furan rings is 1. The highest BCUT2D eigenvalue weighted by molar-refractivity contribution is 6.08. The van der Waals surface area contributed by atoms with Gasteiger partial charge in [-0.05, 0) is 81.8 Å². The van der Waals surface area contributed by atoms with E-state index in [0.717, 1.165) is 33.3 Å². The lowest BCUT2D eigenvalue weighted by molar-refractivity contribution is 0.583. The average Bonchev–Trinajstić information content (AvgIpc) is 3.34. The molecule has 6 aromatic rings. The fourth-order valence-corrected chi connectivity index (χ4v) is 6.20. The second-order valence-electron chi connectivity index (χ2n) is 13.2. The van der Waals surface area contributed by atoms with E-state index in [4.69, 9.17) is 14.4 Å². The van der Waals surface area contributed by atoms with E-state index in [1.54, 1.807) is 0 Å². The Morgan fingerprint density at radius 2 is 1.38 bits per heavy atom. The number of rotatable bonds is 5. The van der Waals surface area contributed by atoms with E-state index in [9.17, 15) is 0 Å². The van der Waals surface area contributed by atoms with Crippen LogP contribution in [0.15, 0.2) is 89.5 Å². The van der Waals surface area contributed by atoms with Gasteiger partial charge in [0.15, 0.2) is 0 Å². The van der Waals surface area contributed by atoms with Crippen molar-refractivity contribution in [1.29, 1.82) is 0 Å². The minimum Gasteiger partial charge on any atom is -0.437 e. The maximum atomic E-state index is 6.58. The van der Waals surface area contributed by atoms with Crippen LogP contribution in [0.2, 0.25) is 0 Å². The molecule has 0 spiro atoms. The molecule has 0 atom stereocenters. The molecule has 0 aliphatic carbocycles. The van der Waals surface area contributed by atoms with Crippen molar-refractivity contribution >= 4 is 22.1 Å². The summed E-state index contributed by atoms with van der Waals surface area (Å²) in [5.41, 5.74) is 13.2. The maximum absolute atomic E-state index is 6.58. The first-order chi connectivity index (χ1) is 20.0. The fourth-order valence-electron chi connectivity index (χ4n) is 6.20. The predicted molar refractivity (Wildman–Crippen MR) is 177 cm³/mol. The molecular formula is C39H40N2O. The molecule has 6 rings (SSSR count). The Kier molecular flexibility index (Phi) is 7.01. The Balaban J connectivity index is 1.53. The Hall–Kier alpha value is -4.24. The summed E-state index contributed by atoms with van der Waals surface area (Å²) in [6.45, 7) is 17.9. The molecule has 42 heavy (non-hydrogen) atoms. The summed E-state index contributed by atoms with van der Waals surface area (Å²) in [6, 6.07) is 28.2. The molecule has 0 N–H and O–H groups in total. The van der Waals surface area contributed by atoms with E-state index < -0.39 is 0 Å². The van der Waals surface area contributed by atoms with Crippen LogP contribution in [0.5, 0.6) is 0 Å². The molecule has 0 bridgehead atoms. The zero-order chi connectivity index (χ0) is 29.8. The third kappa shape index (κ3) is 4.91. The smallest absolute Gasteiger partial charge is 0.227 e. The molecule has 3 aromatic heterocycles. The van der Waals surface area contributed by atoms with Crippen LogP contribution in [0, 0.1) is 6.92 Å². The van der Waals surface area contributed by atoms with Gasteiger partial charge in [-0.2, -0.15) is 0 Å². The first-order valence-electron chi connectivity index (χ1n) is 15.1. The normalized spacial score (nSPS) is 12.2. The quantitative estimate of drug-likeness (QED) is 0.213. The lowest BCUT2D eigenvalue weighted by atomic mass is 9.84. The van der Waals surface area contributed by atoms with Crippen LogP contribution in [0.25, 0.3) is 55.7 Å². The van der Waals surface area contributed by atoms with Gasteiger partial charge in [0.2, 0.25) is 5.71 Å². The summed E-state index contributed by atoms with van der Waals surface area (Å²) in [6.07, 6.45) is 2.02. The minimum absolute atomic E-state index is 0.0459. The Bertz CT molecular complexity index is 1890. The van der Waals surface area contributed by atoms with Crippen LogP contribution in [0.4, 0.5) is 0 Å². The lowest BCUT2D eigenvalue weighted by Gasteiger charge is -2.21. The number of hydrogen-bond acceptors (Lipinski definition) is 3. The van der Waals surface area contributed by atoms with E-state index >= 15 is 0 Å². The molecule has 3 heteroatoms. The number of para-hydroxylation sites is 1. The molecule has 3 aromatic carbocycles. The van der Waals surface area contributed by atoms with E-state index in [1.165, 1.54) is 38.9 Å². The highest BCUT2D eigenvalue weighted by atomic mass is 16.3. The molecule has 3 nitrogen and oxygen atoms in total. The van der Waals surface area contributed by atoms with Crippen molar-refractivity contribution in [3.8, 4) is 33.6 Å². The van der Waals surface area contributed by atoms with Crippen LogP contribution in [0.1, 0.15) is 82.6 Å². The van der Waals surface area contributed by atoms with Crippen LogP contribution in [0.3, 0.4) is 0 Å². The number of benzene rings is 3. The zero-order valence-corrected chi connectivity index (χ0v) is 26.0. The summed E-state index contributed by atoms with van der Waals surface area (Å²) in [7, 11) is 0. The topological polar surface area (TPSA) is 38.9 Å². The second-order valence-corrected chi connectivity index (χ2v) is 13.2. The van der Waals surface area contributed by atoms with Gasteiger partial charge in [-0.1, -0.05) is 103 Å². The van der Waals surface area contributed by atoms with Gasteiger partial charge in [-0.3, -0.25) is 4.98 Å². The molecule has 0 saturated heterocycles. The SMILES string of the molecule is Cc1cc(-c2cccc3c2oc2nc(-c4c(C(C)C)cc(-c5ccccc5)cc4C(C)C)ccc23)ncc1C(C)(C)C. The summed E-state index contributed by atoms with van der Waals surface area (Å²) in [5.74, 6) is 0.678. The van der Waals surface area contributed by atoms with Gasteiger partial charge in [-0.25, -0.2) is 4.98 Å². The fraction of sp³-hybridized carbons (Fsp3) is 0.282. The zero-order valence-electron chi connectivity index (χ0n) is 26.0. The van der Waals surface area contributed by atoms with Crippen molar-refractivity contribution in [2.24, 2.45) is 0 Å². The van der Waals surface area contributed by atoms with Gasteiger partial charge in [0.1, 0.15) is 5.58 Å². The van der Waals surface area contributed by atoms with Crippen molar-refractivity contribution in [2.75, 3.05) is 0 Å². The van der Waals surface area contributed by atoms with Crippen molar-refractivity contribution < 1.29 is 4.42 Å². The number of fused-ring (bicyclic) bond motifs is 3. The Labute approximate surface area is 249 Å². The minimum atomic E-state index is 0.0459. The van der Waals surface area contributed by atoms with Crippen LogP contribution < -0.4 is 0 Å². The van der Waals surface area contributed by atoms with Crippen molar-refractivity contribution in [2.45, 2.75) is 72.6 Å². The second kappa shape index (κ2) is 10.5. The van der Waals surface area contributed by atoms with Gasteiger partial charge in [0, 0.05) is 28.1 Å². The number of hydrogen-bond donors (Lipinski definition) is 0. The molecule has 0 saturated carbocycles.